The summed E-state index contributed by atoms with van der Waals surface area (Å²) in [6, 6.07) is 107. The molecule has 0 atom stereocenters. The van der Waals surface area contributed by atoms with Gasteiger partial charge < -0.3 is 17.7 Å². The van der Waals surface area contributed by atoms with E-state index in [1.807, 2.05) is 152 Å². The lowest BCUT2D eigenvalue weighted by Gasteiger charge is -2.09. The van der Waals surface area contributed by atoms with E-state index in [-0.39, 0.29) is 0 Å². The molecule has 0 spiro atoms. The molecule has 12 nitrogen and oxygen atoms in total. The Morgan fingerprint density at radius 3 is 1.08 bits per heavy atom. The van der Waals surface area contributed by atoms with Gasteiger partial charge in [-0.2, -0.15) is 0 Å². The number of thiazole rings is 2. The third kappa shape index (κ3) is 10.5. The molecule has 0 aliphatic heterocycles. The van der Waals surface area contributed by atoms with Crippen molar-refractivity contribution < 1.29 is 17.7 Å². The summed E-state index contributed by atoms with van der Waals surface area (Å²) in [6.45, 7) is 0. The summed E-state index contributed by atoms with van der Waals surface area (Å²) >= 11 is 3.41. The van der Waals surface area contributed by atoms with Crippen LogP contribution in [-0.4, -0.2) is 39.9 Å². The van der Waals surface area contributed by atoms with Crippen LogP contribution >= 0.6 is 22.7 Å². The predicted molar refractivity (Wildman–Crippen MR) is 429 cm³/mol. The van der Waals surface area contributed by atoms with Gasteiger partial charge in [0.25, 0.3) is 0 Å². The molecule has 106 heavy (non-hydrogen) atoms. The van der Waals surface area contributed by atoms with Gasteiger partial charge in [-0.05, 0) is 77.9 Å². The normalized spacial score (nSPS) is 11.8. The van der Waals surface area contributed by atoms with Gasteiger partial charge in [-0.3, -0.25) is 0 Å². The number of para-hydroxylation sites is 7. The molecule has 22 aromatic rings. The number of nitrogens with zero attached hydrogens (tertiary/aromatic N) is 8. The monoisotopic (exact) mass is 1400 g/mol. The minimum Gasteiger partial charge on any atom is -0.456 e. The molecule has 0 fully saturated rings. The first-order valence-electron chi connectivity index (χ1n) is 34.8. The van der Waals surface area contributed by atoms with Gasteiger partial charge in [-0.15, -0.1) is 22.7 Å². The lowest BCUT2D eigenvalue weighted by Crippen LogP contribution is -2.00. The fraction of sp³-hybridized carbons (Fsp3) is 0. The van der Waals surface area contributed by atoms with Crippen LogP contribution in [0.4, 0.5) is 0 Å². The predicted octanol–water partition coefficient (Wildman–Crippen LogP) is 25.2. The van der Waals surface area contributed by atoms with Crippen molar-refractivity contribution in [3.05, 3.63) is 315 Å². The maximum atomic E-state index is 6.68. The van der Waals surface area contributed by atoms with Gasteiger partial charge in [0.1, 0.15) is 54.7 Å². The number of hydrogen-bond donors (Lipinski definition) is 0. The molecule has 0 N–H and O–H groups in total. The summed E-state index contributed by atoms with van der Waals surface area (Å²) in [5.74, 6) is 3.40. The minimum atomic E-state index is 0.539. The van der Waals surface area contributed by atoms with Crippen molar-refractivity contribution in [1.29, 1.82) is 0 Å². The summed E-state index contributed by atoms with van der Waals surface area (Å²) in [6.07, 6.45) is 0. The zero-order valence-corrected chi connectivity index (χ0v) is 57.7. The fourth-order valence-corrected chi connectivity index (χ4v) is 16.5. The van der Waals surface area contributed by atoms with Crippen molar-refractivity contribution in [2.45, 2.75) is 0 Å². The molecule has 0 radical (unpaired) electrons. The second-order valence-electron chi connectivity index (χ2n) is 26.0. The average Bonchev–Trinajstić information content (AvgIpc) is 1.59. The molecule has 0 amide bonds. The van der Waals surface area contributed by atoms with E-state index in [1.165, 1.54) is 9.40 Å². The standard InChI is InChI=1S/2C46H26N4O2S/c1-2-11-28(12-3-1)43-48-44(50-45(49-43)35-18-9-15-32-31-13-4-6-20-37(31)51-42(32)35)34-17-10-21-38-40(34)33-16-8-14-30(41(33)52-38)27-23-25-29(26-24-27)46-47-36-19-5-7-22-39(36)53-46;1-2-10-28(11-3-1)43-48-44(30-24-25-33-32-12-4-6-17-37(32)51-39(33)26-30)50-45(49-43)35-15-9-18-38-41(35)34-14-8-13-31(42(34)52-38)27-20-22-29(23-21-27)46-47-36-16-5-7-19-40(36)53-46/h2*1-26H. The molecule has 0 aliphatic carbocycles. The lowest BCUT2D eigenvalue weighted by molar-refractivity contribution is 0.669. The molecule has 0 unspecified atom stereocenters. The highest BCUT2D eigenvalue weighted by Gasteiger charge is 2.25. The molecule has 8 aromatic heterocycles. The van der Waals surface area contributed by atoms with Crippen molar-refractivity contribution in [2.75, 3.05) is 0 Å². The minimum absolute atomic E-state index is 0.539. The summed E-state index contributed by atoms with van der Waals surface area (Å²) in [5, 5.41) is 10.1. The van der Waals surface area contributed by atoms with Crippen molar-refractivity contribution in [1.82, 2.24) is 39.9 Å². The Hall–Kier alpha value is -13.9. The van der Waals surface area contributed by atoms with Crippen LogP contribution in [0.15, 0.2) is 333 Å². The molecule has 14 heteroatoms. The Morgan fingerprint density at radius 1 is 0.198 bits per heavy atom. The Bertz CT molecular complexity index is 7160. The van der Waals surface area contributed by atoms with E-state index in [0.717, 1.165) is 176 Å². The smallest absolute Gasteiger partial charge is 0.167 e. The topological polar surface area (TPSA) is 156 Å². The van der Waals surface area contributed by atoms with Gasteiger partial charge in [0, 0.05) is 93.2 Å². The van der Waals surface area contributed by atoms with E-state index >= 15 is 0 Å². The van der Waals surface area contributed by atoms with Gasteiger partial charge in [0.2, 0.25) is 0 Å². The Labute approximate surface area is 611 Å². The molecule has 0 saturated carbocycles. The first-order valence-corrected chi connectivity index (χ1v) is 36.4. The second-order valence-corrected chi connectivity index (χ2v) is 28.0. The average molecular weight is 1400 g/mol. The van der Waals surface area contributed by atoms with Crippen molar-refractivity contribution in [3.63, 3.8) is 0 Å². The molecule has 0 aliphatic rings. The van der Waals surface area contributed by atoms with Gasteiger partial charge in [0.05, 0.1) is 26.0 Å². The highest BCUT2D eigenvalue weighted by Crippen LogP contribution is 2.45. The van der Waals surface area contributed by atoms with Gasteiger partial charge in [0.15, 0.2) is 34.9 Å². The van der Waals surface area contributed by atoms with Crippen LogP contribution in [0.3, 0.4) is 0 Å². The number of rotatable bonds is 10. The number of aromatic nitrogens is 8. The zero-order chi connectivity index (χ0) is 69.8. The number of hydrogen-bond acceptors (Lipinski definition) is 14. The number of fused-ring (bicyclic) bond motifs is 14. The summed E-state index contributed by atoms with van der Waals surface area (Å²) in [5.41, 5.74) is 19.9. The van der Waals surface area contributed by atoms with Crippen LogP contribution in [0.1, 0.15) is 0 Å². The third-order valence-electron chi connectivity index (χ3n) is 19.6. The molecule has 496 valence electrons. The van der Waals surface area contributed by atoms with Gasteiger partial charge >= 0.3 is 0 Å². The Balaban J connectivity index is 0.000000136. The quantitative estimate of drug-likeness (QED) is 0.128. The maximum Gasteiger partial charge on any atom is 0.167 e. The summed E-state index contributed by atoms with van der Waals surface area (Å²) in [7, 11) is 0. The lowest BCUT2D eigenvalue weighted by atomic mass is 9.99. The first-order chi connectivity index (χ1) is 52.5. The van der Waals surface area contributed by atoms with Crippen molar-refractivity contribution in [2.24, 2.45) is 0 Å². The van der Waals surface area contributed by atoms with E-state index in [0.29, 0.717) is 34.9 Å². The van der Waals surface area contributed by atoms with Crippen LogP contribution < -0.4 is 0 Å². The summed E-state index contributed by atoms with van der Waals surface area (Å²) in [4.78, 5) is 40.2. The second kappa shape index (κ2) is 25.0. The Morgan fingerprint density at radius 2 is 0.547 bits per heavy atom. The molecular weight excluding hydrogens is 1350 g/mol. The van der Waals surface area contributed by atoms with Crippen LogP contribution in [0.25, 0.3) is 220 Å². The Kier molecular flexibility index (Phi) is 14.3. The highest BCUT2D eigenvalue weighted by molar-refractivity contribution is 7.22. The number of furan rings is 4. The SMILES string of the molecule is c1ccc(-c2nc(-c3ccc4c(c3)oc3ccccc34)nc(-c3cccc4oc5c(-c6ccc(-c7nc8ccccc8s7)cc6)cccc5c34)n2)cc1.c1ccc(-c2nc(-c3cccc4c3oc3ccccc34)nc(-c3cccc4oc5c(-c6ccc(-c7nc8ccccc8s7)cc6)cccc5c34)n2)cc1. The zero-order valence-electron chi connectivity index (χ0n) is 56.0. The van der Waals surface area contributed by atoms with E-state index in [9.17, 15) is 0 Å². The van der Waals surface area contributed by atoms with Crippen LogP contribution in [-0.2, 0) is 0 Å². The van der Waals surface area contributed by atoms with Crippen molar-refractivity contribution in [3.8, 4) is 112 Å². The molecule has 22 rings (SSSR count). The van der Waals surface area contributed by atoms with Crippen LogP contribution in [0, 0.1) is 0 Å². The van der Waals surface area contributed by atoms with Crippen LogP contribution in [0.2, 0.25) is 0 Å². The van der Waals surface area contributed by atoms with Gasteiger partial charge in [-0.1, -0.05) is 249 Å². The van der Waals surface area contributed by atoms with Crippen molar-refractivity contribution >= 4 is 131 Å². The van der Waals surface area contributed by atoms with Gasteiger partial charge in [-0.25, -0.2) is 39.9 Å². The fourth-order valence-electron chi connectivity index (χ4n) is 14.6. The molecular formula is C92H52N8O4S2. The first kappa shape index (κ1) is 60.8. The molecule has 0 saturated heterocycles. The largest absolute Gasteiger partial charge is 0.456 e. The number of benzene rings is 14. The van der Waals surface area contributed by atoms with E-state index in [2.05, 4.69) is 164 Å². The molecule has 8 heterocycles. The summed E-state index contributed by atoms with van der Waals surface area (Å²) < 4.78 is 28.4. The van der Waals surface area contributed by atoms with E-state index < -0.39 is 0 Å². The van der Waals surface area contributed by atoms with E-state index in [1.54, 1.807) is 22.7 Å². The molecule has 14 aromatic carbocycles. The van der Waals surface area contributed by atoms with E-state index in [4.69, 9.17) is 57.5 Å². The molecule has 0 bridgehead atoms. The maximum absolute atomic E-state index is 6.68. The van der Waals surface area contributed by atoms with Crippen LogP contribution in [0.5, 0.6) is 0 Å². The third-order valence-corrected chi connectivity index (χ3v) is 21.8. The highest BCUT2D eigenvalue weighted by atomic mass is 32.1.